The topological polar surface area (TPSA) is 59.1 Å². The maximum atomic E-state index is 12.6. The molecule has 0 aromatic heterocycles. The number of benzene rings is 1. The van der Waals surface area contributed by atoms with Crippen LogP contribution in [-0.2, 0) is 4.79 Å². The molecule has 2 heterocycles. The van der Waals surface area contributed by atoms with Gasteiger partial charge in [0.2, 0.25) is 6.79 Å². The van der Waals surface area contributed by atoms with Crippen molar-refractivity contribution >= 4 is 11.7 Å². The summed E-state index contributed by atoms with van der Waals surface area (Å²) in [5.41, 5.74) is 1.18. The zero-order valence-electron chi connectivity index (χ0n) is 14.7. The molecular weight excluding hydrogens is 320 g/mol. The average molecular weight is 342 g/mol. The van der Waals surface area contributed by atoms with E-state index in [4.69, 9.17) is 9.47 Å². The lowest BCUT2D eigenvalue weighted by Crippen LogP contribution is -2.34. The van der Waals surface area contributed by atoms with Crippen molar-refractivity contribution in [3.63, 3.8) is 0 Å². The maximum Gasteiger partial charge on any atom is 0.251 e. The summed E-state index contributed by atoms with van der Waals surface area (Å²) in [5, 5.41) is 0. The van der Waals surface area contributed by atoms with E-state index in [1.807, 2.05) is 23.4 Å². The Morgan fingerprint density at radius 1 is 1.24 bits per heavy atom. The van der Waals surface area contributed by atoms with Gasteiger partial charge in [0, 0.05) is 36.6 Å². The molecule has 0 saturated heterocycles. The Morgan fingerprint density at radius 3 is 2.76 bits per heavy atom. The first kappa shape index (κ1) is 17.1. The Balaban J connectivity index is 1.66. The van der Waals surface area contributed by atoms with Gasteiger partial charge in [-0.05, 0) is 38.5 Å². The molecule has 0 fully saturated rings. The van der Waals surface area contributed by atoms with Gasteiger partial charge >= 0.3 is 0 Å². The van der Waals surface area contributed by atoms with Gasteiger partial charge in [-0.1, -0.05) is 6.08 Å². The van der Waals surface area contributed by atoms with Crippen molar-refractivity contribution in [1.29, 1.82) is 0 Å². The number of carbonyl (C=O) groups is 2. The van der Waals surface area contributed by atoms with Crippen molar-refractivity contribution in [2.24, 2.45) is 0 Å². The van der Waals surface area contributed by atoms with Crippen LogP contribution in [0.4, 0.5) is 0 Å². The van der Waals surface area contributed by atoms with E-state index < -0.39 is 0 Å². The maximum absolute atomic E-state index is 12.6. The molecule has 25 heavy (non-hydrogen) atoms. The minimum absolute atomic E-state index is 0.0151. The van der Waals surface area contributed by atoms with Crippen molar-refractivity contribution < 1.29 is 19.1 Å². The van der Waals surface area contributed by atoms with Crippen LogP contribution in [0.3, 0.4) is 0 Å². The van der Waals surface area contributed by atoms with Gasteiger partial charge in [-0.2, -0.15) is 0 Å². The third-order valence-corrected chi connectivity index (χ3v) is 4.21. The molecule has 2 aliphatic rings. The van der Waals surface area contributed by atoms with Crippen molar-refractivity contribution in [2.75, 3.05) is 20.4 Å². The third-order valence-electron chi connectivity index (χ3n) is 4.21. The number of carbonyl (C=O) groups excluding carboxylic acids is 2. The highest BCUT2D eigenvalue weighted by atomic mass is 16.7. The van der Waals surface area contributed by atoms with Gasteiger partial charge in [0.05, 0.1) is 6.54 Å². The van der Waals surface area contributed by atoms with E-state index in [2.05, 4.69) is 13.8 Å². The van der Waals surface area contributed by atoms with Crippen molar-refractivity contribution in [3.8, 4) is 11.5 Å². The summed E-state index contributed by atoms with van der Waals surface area (Å²) in [6, 6.07) is 5.34. The van der Waals surface area contributed by atoms with Crippen LogP contribution in [0.5, 0.6) is 11.5 Å². The number of hydrogen-bond acceptors (Lipinski definition) is 5. The molecule has 3 rings (SSSR count). The molecule has 0 bridgehead atoms. The number of Topliss-reactive ketones (excluding diaryl/α,β-unsaturated/α-hetero) is 1. The molecule has 0 saturated carbocycles. The molecule has 0 aliphatic carbocycles. The first-order valence-corrected chi connectivity index (χ1v) is 8.29. The Morgan fingerprint density at radius 2 is 2.00 bits per heavy atom. The molecule has 1 aromatic carbocycles. The van der Waals surface area contributed by atoms with Crippen molar-refractivity contribution in [3.05, 3.63) is 47.8 Å². The van der Waals surface area contributed by atoms with E-state index in [1.54, 1.807) is 25.2 Å². The molecule has 0 unspecified atom stereocenters. The standard InChI is InChI=1S/C19H22N2O4/c1-13(2)21-8-4-5-15(10-21)19(23)20(3)11-16(22)14-6-7-17-18(9-14)25-12-24-17/h4,6-10,13H,5,11-12H2,1-3H3. The highest BCUT2D eigenvalue weighted by molar-refractivity contribution is 6.02. The Kier molecular flexibility index (Phi) is 4.79. The lowest BCUT2D eigenvalue weighted by atomic mass is 10.1. The molecule has 0 N–H and O–H groups in total. The van der Waals surface area contributed by atoms with Crippen LogP contribution in [0.15, 0.2) is 42.2 Å². The van der Waals surface area contributed by atoms with E-state index in [0.717, 1.165) is 0 Å². The van der Waals surface area contributed by atoms with Crippen LogP contribution in [0.25, 0.3) is 0 Å². The molecule has 132 valence electrons. The van der Waals surface area contributed by atoms with Crippen LogP contribution < -0.4 is 9.47 Å². The summed E-state index contributed by atoms with van der Waals surface area (Å²) in [6.45, 7) is 4.29. The lowest BCUT2D eigenvalue weighted by Gasteiger charge is -2.26. The van der Waals surface area contributed by atoms with Crippen molar-refractivity contribution in [1.82, 2.24) is 9.80 Å². The van der Waals surface area contributed by atoms with E-state index in [9.17, 15) is 9.59 Å². The minimum atomic E-state index is -0.137. The number of amides is 1. The summed E-state index contributed by atoms with van der Waals surface area (Å²) in [4.78, 5) is 28.5. The minimum Gasteiger partial charge on any atom is -0.454 e. The van der Waals surface area contributed by atoms with E-state index in [1.165, 1.54) is 4.90 Å². The molecule has 2 aliphatic heterocycles. The Bertz CT molecular complexity index is 752. The molecule has 0 spiro atoms. The monoisotopic (exact) mass is 342 g/mol. The van der Waals surface area contributed by atoms with Gasteiger partial charge in [-0.15, -0.1) is 0 Å². The molecule has 1 amide bonds. The number of fused-ring (bicyclic) bond motifs is 1. The quantitative estimate of drug-likeness (QED) is 0.770. The number of likely N-dealkylation sites (N-methyl/N-ethyl adjacent to an activating group) is 1. The van der Waals surface area contributed by atoms with Gasteiger partial charge in [0.15, 0.2) is 17.3 Å². The second kappa shape index (κ2) is 7.01. The molecule has 6 heteroatoms. The van der Waals surface area contributed by atoms with Crippen LogP contribution in [0.1, 0.15) is 30.6 Å². The summed E-state index contributed by atoms with van der Waals surface area (Å²) in [7, 11) is 1.64. The largest absolute Gasteiger partial charge is 0.454 e. The molecule has 6 nitrogen and oxygen atoms in total. The first-order chi connectivity index (χ1) is 12.0. The summed E-state index contributed by atoms with van der Waals surface area (Å²) >= 11 is 0. The van der Waals surface area contributed by atoms with Crippen LogP contribution >= 0.6 is 0 Å². The number of nitrogens with zero attached hydrogens (tertiary/aromatic N) is 2. The Hall–Kier alpha value is -2.76. The fourth-order valence-electron chi connectivity index (χ4n) is 2.73. The fourth-order valence-corrected chi connectivity index (χ4v) is 2.73. The molecule has 1 aromatic rings. The lowest BCUT2D eigenvalue weighted by molar-refractivity contribution is -0.125. The zero-order chi connectivity index (χ0) is 18.0. The second-order valence-electron chi connectivity index (χ2n) is 6.44. The predicted octanol–water partition coefficient (Wildman–Crippen LogP) is 2.57. The zero-order valence-corrected chi connectivity index (χ0v) is 14.7. The summed E-state index contributed by atoms with van der Waals surface area (Å²) in [6.07, 6.45) is 6.36. The number of rotatable bonds is 5. The SMILES string of the molecule is CC(C)N1C=CCC(C(=O)N(C)CC(=O)c2ccc3c(c2)OCO3)=C1. The summed E-state index contributed by atoms with van der Waals surface area (Å²) in [5.74, 6) is 0.923. The van der Waals surface area contributed by atoms with Gasteiger partial charge < -0.3 is 19.3 Å². The summed E-state index contributed by atoms with van der Waals surface area (Å²) < 4.78 is 10.5. The highest BCUT2D eigenvalue weighted by Crippen LogP contribution is 2.32. The van der Waals surface area contributed by atoms with Crippen LogP contribution in [-0.4, -0.2) is 47.9 Å². The van der Waals surface area contributed by atoms with E-state index in [-0.39, 0.29) is 31.1 Å². The highest BCUT2D eigenvalue weighted by Gasteiger charge is 2.22. The normalized spacial score (nSPS) is 15.4. The van der Waals surface area contributed by atoms with Crippen LogP contribution in [0.2, 0.25) is 0 Å². The number of ether oxygens (including phenoxy) is 2. The number of hydrogen-bond donors (Lipinski definition) is 0. The predicted molar refractivity (Wildman–Crippen MR) is 93.3 cm³/mol. The number of ketones is 1. The first-order valence-electron chi connectivity index (χ1n) is 8.29. The number of allylic oxidation sites excluding steroid dienone is 1. The Labute approximate surface area is 147 Å². The average Bonchev–Trinajstić information content (AvgIpc) is 3.08. The second-order valence-corrected chi connectivity index (χ2v) is 6.44. The smallest absolute Gasteiger partial charge is 0.251 e. The van der Waals surface area contributed by atoms with E-state index in [0.29, 0.717) is 29.1 Å². The van der Waals surface area contributed by atoms with Gasteiger partial charge in [0.1, 0.15) is 0 Å². The molecule has 0 radical (unpaired) electrons. The van der Waals surface area contributed by atoms with E-state index >= 15 is 0 Å². The van der Waals surface area contributed by atoms with Gasteiger partial charge in [0.25, 0.3) is 5.91 Å². The fraction of sp³-hybridized carbons (Fsp3) is 0.368. The molecule has 0 atom stereocenters. The third kappa shape index (κ3) is 3.68. The van der Waals surface area contributed by atoms with Gasteiger partial charge in [-0.3, -0.25) is 9.59 Å². The van der Waals surface area contributed by atoms with Crippen molar-refractivity contribution in [2.45, 2.75) is 26.3 Å². The van der Waals surface area contributed by atoms with Crippen LogP contribution in [0, 0.1) is 0 Å². The molecular formula is C19H22N2O4. The van der Waals surface area contributed by atoms with Gasteiger partial charge in [-0.25, -0.2) is 0 Å².